The Labute approximate surface area is 107 Å². The van der Waals surface area contributed by atoms with Crippen molar-refractivity contribution >= 4 is 33.6 Å². The minimum Gasteiger partial charge on any atom is -0.389 e. The molecule has 0 unspecified atom stereocenters. The van der Waals surface area contributed by atoms with Crippen molar-refractivity contribution in [1.29, 1.82) is 0 Å². The van der Waals surface area contributed by atoms with E-state index in [1.165, 1.54) is 11.8 Å². The Morgan fingerprint density at radius 3 is 2.62 bits per heavy atom. The molecule has 1 fully saturated rings. The largest absolute Gasteiger partial charge is 0.389 e. The zero-order valence-corrected chi connectivity index (χ0v) is 11.0. The highest BCUT2D eigenvalue weighted by atomic mass is 79.9. The van der Waals surface area contributed by atoms with Crippen LogP contribution in [0, 0.1) is 0 Å². The molecule has 1 aliphatic heterocycles. The third kappa shape index (κ3) is 2.99. The molecular weight excluding hydrogens is 290 g/mol. The van der Waals surface area contributed by atoms with E-state index in [0.717, 1.165) is 9.37 Å². The normalized spacial score (nSPS) is 16.0. The van der Waals surface area contributed by atoms with Gasteiger partial charge in [0.05, 0.1) is 11.9 Å². The first-order valence-electron chi connectivity index (χ1n) is 4.99. The van der Waals surface area contributed by atoms with Crippen molar-refractivity contribution in [3.8, 4) is 0 Å². The number of amides is 1. The zero-order chi connectivity index (χ0) is 11.5. The summed E-state index contributed by atoms with van der Waals surface area (Å²) < 4.78 is 1.04. The van der Waals surface area contributed by atoms with Crippen LogP contribution in [-0.2, 0) is 4.79 Å². The molecule has 2 rings (SSSR count). The summed E-state index contributed by atoms with van der Waals surface area (Å²) in [6, 6.07) is 7.88. The predicted octanol–water partition coefficient (Wildman–Crippen LogP) is 1.74. The van der Waals surface area contributed by atoms with Gasteiger partial charge in [0.15, 0.2) is 0 Å². The van der Waals surface area contributed by atoms with Crippen LogP contribution >= 0.6 is 27.7 Å². The molecule has 1 aromatic carbocycles. The van der Waals surface area contributed by atoms with E-state index in [1.807, 2.05) is 24.3 Å². The van der Waals surface area contributed by atoms with Crippen LogP contribution in [0.25, 0.3) is 0 Å². The lowest BCUT2D eigenvalue weighted by molar-refractivity contribution is -0.138. The Bertz CT molecular complexity index is 376. The van der Waals surface area contributed by atoms with E-state index in [2.05, 4.69) is 15.9 Å². The summed E-state index contributed by atoms with van der Waals surface area (Å²) in [5.41, 5.74) is 0. The van der Waals surface area contributed by atoms with E-state index >= 15 is 0 Å². The number of nitrogens with zero attached hydrogens (tertiary/aromatic N) is 1. The number of β-amino-alcohol motifs (C(OH)–C–C–N with tert-alkyl or cyclic N) is 1. The molecule has 0 bridgehead atoms. The Hall–Kier alpha value is -0.520. The van der Waals surface area contributed by atoms with Crippen LogP contribution in [-0.4, -0.2) is 40.9 Å². The molecule has 1 amide bonds. The summed E-state index contributed by atoms with van der Waals surface area (Å²) in [6.07, 6.45) is -0.318. The van der Waals surface area contributed by atoms with Gasteiger partial charge in [-0.25, -0.2) is 0 Å². The maximum atomic E-state index is 11.6. The summed E-state index contributed by atoms with van der Waals surface area (Å²) in [7, 11) is 0. The quantitative estimate of drug-likeness (QED) is 0.865. The molecule has 0 atom stereocenters. The molecule has 0 saturated carbocycles. The van der Waals surface area contributed by atoms with Crippen LogP contribution in [0.4, 0.5) is 0 Å². The van der Waals surface area contributed by atoms with Gasteiger partial charge in [0.2, 0.25) is 5.91 Å². The maximum absolute atomic E-state index is 11.6. The Kier molecular flexibility index (Phi) is 3.89. The third-order valence-electron chi connectivity index (χ3n) is 2.39. The Morgan fingerprint density at radius 1 is 1.44 bits per heavy atom. The summed E-state index contributed by atoms with van der Waals surface area (Å²) in [6.45, 7) is 0.972. The zero-order valence-electron chi connectivity index (χ0n) is 8.60. The molecule has 1 aromatic rings. The first-order chi connectivity index (χ1) is 7.65. The predicted molar refractivity (Wildman–Crippen MR) is 67.5 cm³/mol. The van der Waals surface area contributed by atoms with Gasteiger partial charge in [-0.15, -0.1) is 11.8 Å². The number of aliphatic hydroxyl groups is 1. The van der Waals surface area contributed by atoms with Crippen molar-refractivity contribution in [1.82, 2.24) is 4.90 Å². The van der Waals surface area contributed by atoms with Crippen molar-refractivity contribution in [3.05, 3.63) is 28.7 Å². The second-order valence-electron chi connectivity index (χ2n) is 3.70. The summed E-state index contributed by atoms with van der Waals surface area (Å²) in [4.78, 5) is 14.4. The van der Waals surface area contributed by atoms with Gasteiger partial charge in [-0.2, -0.15) is 0 Å². The number of benzene rings is 1. The van der Waals surface area contributed by atoms with Crippen molar-refractivity contribution in [3.63, 3.8) is 0 Å². The summed E-state index contributed by atoms with van der Waals surface area (Å²) >= 11 is 4.89. The van der Waals surface area contributed by atoms with Gasteiger partial charge in [-0.1, -0.05) is 15.9 Å². The first kappa shape index (κ1) is 12.0. The van der Waals surface area contributed by atoms with Crippen molar-refractivity contribution in [2.45, 2.75) is 11.0 Å². The minimum atomic E-state index is -0.318. The summed E-state index contributed by atoms with van der Waals surface area (Å²) in [5, 5.41) is 9.08. The summed E-state index contributed by atoms with van der Waals surface area (Å²) in [5.74, 6) is 0.534. The number of thioether (sulfide) groups is 1. The molecule has 0 spiro atoms. The van der Waals surface area contributed by atoms with Crippen molar-refractivity contribution < 1.29 is 9.90 Å². The number of hydrogen-bond acceptors (Lipinski definition) is 3. The van der Waals surface area contributed by atoms with Crippen LogP contribution in [0.2, 0.25) is 0 Å². The molecule has 1 aliphatic rings. The Balaban J connectivity index is 1.79. The average Bonchev–Trinajstić information content (AvgIpc) is 2.24. The van der Waals surface area contributed by atoms with Crippen molar-refractivity contribution in [2.75, 3.05) is 18.8 Å². The van der Waals surface area contributed by atoms with Gasteiger partial charge in [-0.3, -0.25) is 4.79 Å². The van der Waals surface area contributed by atoms with Gasteiger partial charge in [0, 0.05) is 22.5 Å². The van der Waals surface area contributed by atoms with Gasteiger partial charge in [0.1, 0.15) is 0 Å². The molecule has 0 aromatic heterocycles. The molecule has 1 saturated heterocycles. The van der Waals surface area contributed by atoms with E-state index < -0.39 is 0 Å². The average molecular weight is 302 g/mol. The first-order valence-corrected chi connectivity index (χ1v) is 6.77. The van der Waals surface area contributed by atoms with E-state index in [9.17, 15) is 4.79 Å². The number of likely N-dealkylation sites (tertiary alicyclic amines) is 1. The fourth-order valence-corrected chi connectivity index (χ4v) is 2.49. The molecule has 86 valence electrons. The molecule has 0 aliphatic carbocycles. The standard InChI is InChI=1S/C11H12BrNO2S/c12-8-1-3-10(4-2-8)16-7-11(15)13-5-9(14)6-13/h1-4,9,14H,5-7H2. The SMILES string of the molecule is O=C(CSc1ccc(Br)cc1)N1CC(O)C1. The van der Waals surface area contributed by atoms with Gasteiger partial charge >= 0.3 is 0 Å². The highest BCUT2D eigenvalue weighted by Crippen LogP contribution is 2.21. The second kappa shape index (κ2) is 5.21. The second-order valence-corrected chi connectivity index (χ2v) is 5.66. The molecule has 16 heavy (non-hydrogen) atoms. The molecule has 0 radical (unpaired) electrons. The lowest BCUT2D eigenvalue weighted by Crippen LogP contribution is -2.54. The van der Waals surface area contributed by atoms with Gasteiger partial charge in [-0.05, 0) is 24.3 Å². The number of carbonyl (C=O) groups excluding carboxylic acids is 1. The van der Waals surface area contributed by atoms with Crippen LogP contribution in [0.3, 0.4) is 0 Å². The van der Waals surface area contributed by atoms with Crippen molar-refractivity contribution in [2.24, 2.45) is 0 Å². The molecular formula is C11H12BrNO2S. The molecule has 1 heterocycles. The topological polar surface area (TPSA) is 40.5 Å². The smallest absolute Gasteiger partial charge is 0.233 e. The third-order valence-corrected chi connectivity index (χ3v) is 3.92. The van der Waals surface area contributed by atoms with Crippen LogP contribution < -0.4 is 0 Å². The fraction of sp³-hybridized carbons (Fsp3) is 0.364. The van der Waals surface area contributed by atoms with Gasteiger partial charge < -0.3 is 10.0 Å². The minimum absolute atomic E-state index is 0.0956. The number of halogens is 1. The fourth-order valence-electron chi connectivity index (χ4n) is 1.43. The lowest BCUT2D eigenvalue weighted by atomic mass is 10.2. The maximum Gasteiger partial charge on any atom is 0.233 e. The van der Waals surface area contributed by atoms with Crippen LogP contribution in [0.5, 0.6) is 0 Å². The highest BCUT2D eigenvalue weighted by molar-refractivity contribution is 9.10. The molecule has 3 nitrogen and oxygen atoms in total. The highest BCUT2D eigenvalue weighted by Gasteiger charge is 2.28. The Morgan fingerprint density at radius 2 is 2.06 bits per heavy atom. The van der Waals surface area contributed by atoms with Crippen LogP contribution in [0.1, 0.15) is 0 Å². The lowest BCUT2D eigenvalue weighted by Gasteiger charge is -2.35. The van der Waals surface area contributed by atoms with Gasteiger partial charge in [0.25, 0.3) is 0 Å². The number of carbonyl (C=O) groups is 1. The van der Waals surface area contributed by atoms with E-state index in [-0.39, 0.29) is 12.0 Å². The van der Waals surface area contributed by atoms with E-state index in [4.69, 9.17) is 5.11 Å². The van der Waals surface area contributed by atoms with E-state index in [1.54, 1.807) is 4.90 Å². The number of rotatable bonds is 3. The van der Waals surface area contributed by atoms with Crippen LogP contribution in [0.15, 0.2) is 33.6 Å². The monoisotopic (exact) mass is 301 g/mol. The number of aliphatic hydroxyl groups excluding tert-OH is 1. The molecule has 5 heteroatoms. The molecule has 1 N–H and O–H groups in total. The number of hydrogen-bond donors (Lipinski definition) is 1. The van der Waals surface area contributed by atoms with E-state index in [0.29, 0.717) is 18.8 Å².